The Hall–Kier alpha value is -1.81. The molecule has 0 saturated carbocycles. The van der Waals surface area contributed by atoms with Crippen LogP contribution in [0, 0.1) is 0 Å². The first-order valence-electron chi connectivity index (χ1n) is 7.23. The van der Waals surface area contributed by atoms with Gasteiger partial charge in [-0.2, -0.15) is 0 Å². The summed E-state index contributed by atoms with van der Waals surface area (Å²) >= 11 is 11.7. The van der Waals surface area contributed by atoms with Gasteiger partial charge in [0.05, 0.1) is 22.0 Å². The van der Waals surface area contributed by atoms with Gasteiger partial charge in [0.25, 0.3) is 10.0 Å². The van der Waals surface area contributed by atoms with Crippen LogP contribution in [0.5, 0.6) is 0 Å². The minimum absolute atomic E-state index is 0.0947. The molecule has 138 valence electrons. The van der Waals surface area contributed by atoms with Gasteiger partial charge in [0, 0.05) is 16.5 Å². The predicted molar refractivity (Wildman–Crippen MR) is 99.6 cm³/mol. The molecule has 0 radical (unpaired) electrons. The predicted octanol–water partition coefficient (Wildman–Crippen LogP) is 2.86. The van der Waals surface area contributed by atoms with E-state index in [1.165, 1.54) is 42.5 Å². The number of sulfonamides is 2. The van der Waals surface area contributed by atoms with Crippen molar-refractivity contribution in [2.75, 3.05) is 14.8 Å². The Labute approximate surface area is 160 Å². The van der Waals surface area contributed by atoms with E-state index >= 15 is 0 Å². The van der Waals surface area contributed by atoms with Crippen molar-refractivity contribution >= 4 is 60.5 Å². The number of carbonyl (C=O) groups excluding carboxylic acids is 1. The van der Waals surface area contributed by atoms with E-state index in [-0.39, 0.29) is 38.5 Å². The van der Waals surface area contributed by atoms with Crippen LogP contribution in [0.3, 0.4) is 0 Å². The highest BCUT2D eigenvalue weighted by Gasteiger charge is 2.36. The summed E-state index contributed by atoms with van der Waals surface area (Å²) < 4.78 is 51.7. The van der Waals surface area contributed by atoms with Gasteiger partial charge in [0.15, 0.2) is 0 Å². The SMILES string of the molecule is O=C1CCS(=O)(=O)N1c1ccc(S(=O)(=O)Nc2cc(Cl)cc(Cl)c2)cc1. The molecule has 0 aromatic heterocycles. The summed E-state index contributed by atoms with van der Waals surface area (Å²) in [5, 5.41) is 0.534. The Balaban J connectivity index is 1.89. The minimum Gasteiger partial charge on any atom is -0.280 e. The first-order valence-corrected chi connectivity index (χ1v) is 11.1. The number of carbonyl (C=O) groups is 1. The topological polar surface area (TPSA) is 101 Å². The molecule has 1 aliphatic heterocycles. The van der Waals surface area contributed by atoms with E-state index in [0.29, 0.717) is 4.31 Å². The highest BCUT2D eigenvalue weighted by atomic mass is 35.5. The van der Waals surface area contributed by atoms with Gasteiger partial charge in [-0.05, 0) is 42.5 Å². The summed E-state index contributed by atoms with van der Waals surface area (Å²) in [6.45, 7) is 0. The maximum Gasteiger partial charge on any atom is 0.261 e. The van der Waals surface area contributed by atoms with Crippen molar-refractivity contribution in [3.63, 3.8) is 0 Å². The third-order valence-corrected chi connectivity index (χ3v) is 7.10. The standard InChI is InChI=1S/C15H12Cl2N2O5S2/c16-10-7-11(17)9-12(8-10)18-26(23,24)14-3-1-13(2-4-14)19-15(20)5-6-25(19,21)22/h1-4,7-9,18H,5-6H2. The molecule has 1 heterocycles. The number of nitrogens with zero attached hydrogens (tertiary/aromatic N) is 1. The Morgan fingerprint density at radius 1 is 1.00 bits per heavy atom. The van der Waals surface area contributed by atoms with Crippen molar-refractivity contribution in [1.29, 1.82) is 0 Å². The Bertz CT molecular complexity index is 1060. The highest BCUT2D eigenvalue weighted by molar-refractivity contribution is 7.94. The van der Waals surface area contributed by atoms with Crippen LogP contribution in [0.25, 0.3) is 0 Å². The average molecular weight is 435 g/mol. The molecule has 3 rings (SSSR count). The molecule has 1 amide bonds. The summed E-state index contributed by atoms with van der Waals surface area (Å²) in [7, 11) is -7.66. The van der Waals surface area contributed by atoms with Gasteiger partial charge in [0.2, 0.25) is 15.9 Å². The van der Waals surface area contributed by atoms with E-state index < -0.39 is 26.0 Å². The van der Waals surface area contributed by atoms with E-state index in [1.807, 2.05) is 0 Å². The van der Waals surface area contributed by atoms with Gasteiger partial charge < -0.3 is 0 Å². The molecule has 0 spiro atoms. The summed E-state index contributed by atoms with van der Waals surface area (Å²) in [4.78, 5) is 11.7. The first kappa shape index (κ1) is 19.0. The fourth-order valence-corrected chi connectivity index (χ4v) is 5.48. The lowest BCUT2D eigenvalue weighted by Gasteiger charge is -2.15. The molecule has 2 aromatic rings. The number of benzene rings is 2. The lowest BCUT2D eigenvalue weighted by molar-refractivity contribution is -0.116. The van der Waals surface area contributed by atoms with E-state index in [2.05, 4.69) is 4.72 Å². The van der Waals surface area contributed by atoms with Crippen LogP contribution in [0.2, 0.25) is 10.0 Å². The van der Waals surface area contributed by atoms with E-state index in [0.717, 1.165) is 0 Å². The van der Waals surface area contributed by atoms with Crippen molar-refractivity contribution in [2.24, 2.45) is 0 Å². The fraction of sp³-hybridized carbons (Fsp3) is 0.133. The quantitative estimate of drug-likeness (QED) is 0.796. The third-order valence-electron chi connectivity index (χ3n) is 3.57. The van der Waals surface area contributed by atoms with Crippen molar-refractivity contribution in [2.45, 2.75) is 11.3 Å². The summed E-state index contributed by atoms with van der Waals surface area (Å²) in [6.07, 6.45) is -0.0978. The molecule has 0 atom stereocenters. The summed E-state index contributed by atoms with van der Waals surface area (Å²) in [5.74, 6) is -0.810. The molecule has 0 bridgehead atoms. The van der Waals surface area contributed by atoms with Crippen molar-refractivity contribution < 1.29 is 21.6 Å². The van der Waals surface area contributed by atoms with E-state index in [4.69, 9.17) is 23.2 Å². The summed E-state index contributed by atoms with van der Waals surface area (Å²) in [5.41, 5.74) is 0.279. The van der Waals surface area contributed by atoms with Crippen molar-refractivity contribution in [3.8, 4) is 0 Å². The Kier molecular flexibility index (Phi) is 4.91. The van der Waals surface area contributed by atoms with Crippen LogP contribution in [0.1, 0.15) is 6.42 Å². The number of nitrogens with one attached hydrogen (secondary N) is 1. The normalized spacial score (nSPS) is 16.7. The van der Waals surface area contributed by atoms with Gasteiger partial charge in [-0.3, -0.25) is 9.52 Å². The molecule has 1 aliphatic rings. The maximum absolute atomic E-state index is 12.5. The van der Waals surface area contributed by atoms with Crippen molar-refractivity contribution in [3.05, 3.63) is 52.5 Å². The second-order valence-corrected chi connectivity index (χ2v) is 9.97. The van der Waals surface area contributed by atoms with Crippen LogP contribution in [0.4, 0.5) is 11.4 Å². The monoisotopic (exact) mass is 434 g/mol. The second kappa shape index (κ2) is 6.73. The first-order chi connectivity index (χ1) is 12.1. The smallest absolute Gasteiger partial charge is 0.261 e. The van der Waals surface area contributed by atoms with Crippen LogP contribution < -0.4 is 9.03 Å². The van der Waals surface area contributed by atoms with Crippen molar-refractivity contribution in [1.82, 2.24) is 0 Å². The zero-order chi connectivity index (χ0) is 19.1. The molecule has 0 unspecified atom stereocenters. The lowest BCUT2D eigenvalue weighted by atomic mass is 10.3. The minimum atomic E-state index is -3.95. The van der Waals surface area contributed by atoms with E-state index in [1.54, 1.807) is 0 Å². The van der Waals surface area contributed by atoms with Crippen LogP contribution >= 0.6 is 23.2 Å². The van der Waals surface area contributed by atoms with Gasteiger partial charge in [-0.1, -0.05) is 23.2 Å². The van der Waals surface area contributed by atoms with Gasteiger partial charge in [0.1, 0.15) is 0 Å². The van der Waals surface area contributed by atoms with Crippen LogP contribution in [0.15, 0.2) is 47.4 Å². The maximum atomic E-state index is 12.5. The number of anilines is 2. The Morgan fingerprint density at radius 3 is 2.08 bits per heavy atom. The zero-order valence-corrected chi connectivity index (χ0v) is 16.2. The number of rotatable bonds is 4. The number of hydrogen-bond donors (Lipinski definition) is 1. The molecule has 1 fully saturated rings. The van der Waals surface area contributed by atoms with Gasteiger partial charge in [-0.15, -0.1) is 0 Å². The molecule has 2 aromatic carbocycles. The molecule has 0 aliphatic carbocycles. The van der Waals surface area contributed by atoms with Crippen LogP contribution in [-0.2, 0) is 24.8 Å². The lowest BCUT2D eigenvalue weighted by Crippen LogP contribution is -2.29. The Morgan fingerprint density at radius 2 is 1.58 bits per heavy atom. The number of amides is 1. The molecule has 26 heavy (non-hydrogen) atoms. The fourth-order valence-electron chi connectivity index (χ4n) is 2.46. The molecule has 7 nitrogen and oxygen atoms in total. The number of halogens is 2. The summed E-state index contributed by atoms with van der Waals surface area (Å²) in [6, 6.07) is 9.21. The largest absolute Gasteiger partial charge is 0.280 e. The molecule has 1 N–H and O–H groups in total. The van der Waals surface area contributed by atoms with Crippen LogP contribution in [-0.4, -0.2) is 28.5 Å². The molecular formula is C15H12Cl2N2O5S2. The second-order valence-electron chi connectivity index (χ2n) is 5.48. The van der Waals surface area contributed by atoms with Gasteiger partial charge >= 0.3 is 0 Å². The highest BCUT2D eigenvalue weighted by Crippen LogP contribution is 2.28. The number of hydrogen-bond acceptors (Lipinski definition) is 5. The van der Waals surface area contributed by atoms with Gasteiger partial charge in [-0.25, -0.2) is 21.1 Å². The average Bonchev–Trinajstić information content (AvgIpc) is 2.79. The van der Waals surface area contributed by atoms with E-state index in [9.17, 15) is 21.6 Å². The molecule has 1 saturated heterocycles. The molecule has 11 heteroatoms. The zero-order valence-electron chi connectivity index (χ0n) is 13.0. The molecular weight excluding hydrogens is 423 g/mol. The third kappa shape index (κ3) is 3.80.